The van der Waals surface area contributed by atoms with Crippen molar-refractivity contribution in [3.63, 3.8) is 0 Å². The Morgan fingerprint density at radius 1 is 1.14 bits per heavy atom. The predicted molar refractivity (Wildman–Crippen MR) is 108 cm³/mol. The predicted octanol–water partition coefficient (Wildman–Crippen LogP) is 5.71. The largest absolute Gasteiger partial charge is 0.442 e. The Kier molecular flexibility index (Phi) is 4.86. The van der Waals surface area contributed by atoms with Crippen LogP contribution in [0.25, 0.3) is 11.3 Å². The average Bonchev–Trinajstić information content (AvgIpc) is 3.35. The Morgan fingerprint density at radius 2 is 1.86 bits per heavy atom. The van der Waals surface area contributed by atoms with Crippen LogP contribution in [0.3, 0.4) is 0 Å². The lowest BCUT2D eigenvalue weighted by molar-refractivity contribution is -0.384. The molecular weight excluding hydrogens is 354 g/mol. The SMILES string of the molecule is CC(C)c1oc([C@@H]2CCCN2c2ccccc2[N+](=O)[O-])nc1-c1ccccc1. The maximum absolute atomic E-state index is 11.5. The molecule has 1 aromatic heterocycles. The molecule has 0 amide bonds. The number of hydrogen-bond donors (Lipinski definition) is 0. The second-order valence-corrected chi connectivity index (χ2v) is 7.38. The lowest BCUT2D eigenvalue weighted by Gasteiger charge is -2.24. The van der Waals surface area contributed by atoms with Crippen LogP contribution in [0.4, 0.5) is 11.4 Å². The summed E-state index contributed by atoms with van der Waals surface area (Å²) in [7, 11) is 0. The number of nitrogens with zero attached hydrogens (tertiary/aromatic N) is 3. The van der Waals surface area contributed by atoms with Crippen molar-refractivity contribution in [3.05, 3.63) is 76.4 Å². The number of nitro benzene ring substituents is 1. The van der Waals surface area contributed by atoms with E-state index >= 15 is 0 Å². The molecule has 1 fully saturated rings. The maximum atomic E-state index is 11.5. The molecule has 28 heavy (non-hydrogen) atoms. The van der Waals surface area contributed by atoms with Gasteiger partial charge in [0, 0.05) is 24.1 Å². The lowest BCUT2D eigenvalue weighted by Crippen LogP contribution is -2.23. The van der Waals surface area contributed by atoms with Gasteiger partial charge in [-0.1, -0.05) is 56.3 Å². The molecule has 1 aliphatic heterocycles. The molecule has 0 aliphatic carbocycles. The van der Waals surface area contributed by atoms with E-state index in [1.807, 2.05) is 36.4 Å². The van der Waals surface area contributed by atoms with Crippen LogP contribution < -0.4 is 4.90 Å². The minimum Gasteiger partial charge on any atom is -0.442 e. The molecule has 2 aromatic carbocycles. The Morgan fingerprint density at radius 3 is 2.57 bits per heavy atom. The number of nitro groups is 1. The topological polar surface area (TPSA) is 72.4 Å². The quantitative estimate of drug-likeness (QED) is 0.420. The highest BCUT2D eigenvalue weighted by molar-refractivity contribution is 5.65. The molecule has 0 N–H and O–H groups in total. The van der Waals surface area contributed by atoms with E-state index in [9.17, 15) is 10.1 Å². The summed E-state index contributed by atoms with van der Waals surface area (Å²) in [5.41, 5.74) is 2.63. The number of anilines is 1. The zero-order valence-corrected chi connectivity index (χ0v) is 16.0. The van der Waals surface area contributed by atoms with E-state index in [0.29, 0.717) is 11.6 Å². The van der Waals surface area contributed by atoms with E-state index in [1.54, 1.807) is 18.2 Å². The first-order chi connectivity index (χ1) is 13.6. The average molecular weight is 377 g/mol. The van der Waals surface area contributed by atoms with Crippen LogP contribution in [0, 0.1) is 10.1 Å². The molecule has 0 saturated carbocycles. The first-order valence-electron chi connectivity index (χ1n) is 9.62. The smallest absolute Gasteiger partial charge is 0.292 e. The summed E-state index contributed by atoms with van der Waals surface area (Å²) in [6.07, 6.45) is 1.80. The van der Waals surface area contributed by atoms with Crippen molar-refractivity contribution in [1.29, 1.82) is 0 Å². The molecule has 0 bridgehead atoms. The van der Waals surface area contributed by atoms with Crippen LogP contribution in [-0.4, -0.2) is 16.5 Å². The van der Waals surface area contributed by atoms with Crippen LogP contribution in [0.2, 0.25) is 0 Å². The molecule has 144 valence electrons. The Balaban J connectivity index is 1.76. The monoisotopic (exact) mass is 377 g/mol. The van der Waals surface area contributed by atoms with Crippen molar-refractivity contribution >= 4 is 11.4 Å². The van der Waals surface area contributed by atoms with Crippen LogP contribution in [0.1, 0.15) is 50.3 Å². The van der Waals surface area contributed by atoms with Crippen molar-refractivity contribution in [3.8, 4) is 11.3 Å². The summed E-state index contributed by atoms with van der Waals surface area (Å²) in [5.74, 6) is 1.69. The van der Waals surface area contributed by atoms with Gasteiger partial charge in [-0.2, -0.15) is 0 Å². The summed E-state index contributed by atoms with van der Waals surface area (Å²) in [5, 5.41) is 11.5. The minimum absolute atomic E-state index is 0.101. The summed E-state index contributed by atoms with van der Waals surface area (Å²) in [6, 6.07) is 16.8. The van der Waals surface area contributed by atoms with Gasteiger partial charge in [0.1, 0.15) is 23.2 Å². The van der Waals surface area contributed by atoms with E-state index < -0.39 is 0 Å². The highest BCUT2D eigenvalue weighted by Gasteiger charge is 2.34. The van der Waals surface area contributed by atoms with E-state index in [1.165, 1.54) is 0 Å². The number of oxazole rings is 1. The summed E-state index contributed by atoms with van der Waals surface area (Å²) in [6.45, 7) is 4.92. The maximum Gasteiger partial charge on any atom is 0.292 e. The summed E-state index contributed by atoms with van der Waals surface area (Å²) in [4.78, 5) is 18.1. The second kappa shape index (κ2) is 7.46. The van der Waals surface area contributed by atoms with Crippen LogP contribution >= 0.6 is 0 Å². The van der Waals surface area contributed by atoms with Crippen LogP contribution in [0.15, 0.2) is 59.0 Å². The molecule has 0 spiro atoms. The highest BCUT2D eigenvalue weighted by Crippen LogP contribution is 2.42. The zero-order valence-electron chi connectivity index (χ0n) is 16.0. The van der Waals surface area contributed by atoms with E-state index in [2.05, 4.69) is 18.7 Å². The molecule has 1 atom stereocenters. The number of benzene rings is 2. The first kappa shape index (κ1) is 18.2. The van der Waals surface area contributed by atoms with E-state index in [-0.39, 0.29) is 22.6 Å². The molecular formula is C22H23N3O3. The summed E-state index contributed by atoms with van der Waals surface area (Å²) < 4.78 is 6.24. The second-order valence-electron chi connectivity index (χ2n) is 7.38. The van der Waals surface area contributed by atoms with Crippen LogP contribution in [0.5, 0.6) is 0 Å². The third-order valence-electron chi connectivity index (χ3n) is 5.17. The Bertz CT molecular complexity index is 982. The van der Waals surface area contributed by atoms with Crippen molar-refractivity contribution in [2.45, 2.75) is 38.6 Å². The van der Waals surface area contributed by atoms with Gasteiger partial charge in [-0.25, -0.2) is 4.98 Å². The molecule has 1 aliphatic rings. The molecule has 6 heteroatoms. The van der Waals surface area contributed by atoms with Crippen molar-refractivity contribution in [2.75, 3.05) is 11.4 Å². The van der Waals surface area contributed by atoms with Gasteiger partial charge in [-0.15, -0.1) is 0 Å². The van der Waals surface area contributed by atoms with Crippen LogP contribution in [-0.2, 0) is 0 Å². The van der Waals surface area contributed by atoms with Gasteiger partial charge in [-0.05, 0) is 18.9 Å². The van der Waals surface area contributed by atoms with Crippen molar-refractivity contribution in [1.82, 2.24) is 4.98 Å². The third kappa shape index (κ3) is 3.26. The Hall–Kier alpha value is -3.15. The fourth-order valence-corrected chi connectivity index (χ4v) is 3.86. The van der Waals surface area contributed by atoms with E-state index in [4.69, 9.17) is 9.40 Å². The lowest BCUT2D eigenvalue weighted by atomic mass is 10.0. The van der Waals surface area contributed by atoms with Crippen molar-refractivity contribution in [2.24, 2.45) is 0 Å². The van der Waals surface area contributed by atoms with E-state index in [0.717, 1.165) is 36.4 Å². The molecule has 0 unspecified atom stereocenters. The third-order valence-corrected chi connectivity index (χ3v) is 5.17. The normalized spacial score (nSPS) is 16.7. The zero-order chi connectivity index (χ0) is 19.7. The van der Waals surface area contributed by atoms with Gasteiger partial charge in [-0.3, -0.25) is 10.1 Å². The summed E-state index contributed by atoms with van der Waals surface area (Å²) >= 11 is 0. The molecule has 1 saturated heterocycles. The van der Waals surface area contributed by atoms with Gasteiger partial charge in [0.25, 0.3) is 5.69 Å². The standard InChI is InChI=1S/C22H23N3O3/c1-15(2)21-20(16-9-4-3-5-10-16)23-22(28-21)19-13-8-14-24(19)17-11-6-7-12-18(17)25(26)27/h3-7,9-12,15,19H,8,13-14H2,1-2H3/t19-/m0/s1. The number of hydrogen-bond acceptors (Lipinski definition) is 5. The molecule has 3 aromatic rings. The Labute approximate surface area is 164 Å². The number of rotatable bonds is 5. The number of aromatic nitrogens is 1. The van der Waals surface area contributed by atoms with Gasteiger partial charge in [0.2, 0.25) is 5.89 Å². The van der Waals surface area contributed by atoms with Gasteiger partial charge >= 0.3 is 0 Å². The van der Waals surface area contributed by atoms with Gasteiger partial charge in [0.05, 0.1) is 4.92 Å². The minimum atomic E-state index is -0.324. The fraction of sp³-hybridized carbons (Fsp3) is 0.318. The molecule has 6 nitrogen and oxygen atoms in total. The molecule has 4 rings (SSSR count). The highest BCUT2D eigenvalue weighted by atomic mass is 16.6. The molecule has 2 heterocycles. The number of para-hydroxylation sites is 2. The fourth-order valence-electron chi connectivity index (χ4n) is 3.86. The first-order valence-corrected chi connectivity index (χ1v) is 9.62. The van der Waals surface area contributed by atoms with Gasteiger partial charge < -0.3 is 9.32 Å². The van der Waals surface area contributed by atoms with Gasteiger partial charge in [0.15, 0.2) is 0 Å². The van der Waals surface area contributed by atoms with Crippen molar-refractivity contribution < 1.29 is 9.34 Å². The molecule has 0 radical (unpaired) electrons.